The van der Waals surface area contributed by atoms with Gasteiger partial charge >= 0.3 is 5.97 Å². The van der Waals surface area contributed by atoms with Crippen LogP contribution in [0.25, 0.3) is 0 Å². The number of carbonyl (C=O) groups is 5. The Labute approximate surface area is 178 Å². The Balaban J connectivity index is 2.04. The molecule has 1 aliphatic rings. The van der Waals surface area contributed by atoms with E-state index >= 15 is 0 Å². The molecular formula is C19H22N2O6S2. The Morgan fingerprint density at radius 1 is 1.17 bits per heavy atom. The number of amides is 3. The lowest BCUT2D eigenvalue weighted by molar-refractivity contribution is -0.147. The predicted molar refractivity (Wildman–Crippen MR) is 111 cm³/mol. The third-order valence-corrected chi connectivity index (χ3v) is 5.98. The molecule has 0 saturated heterocycles. The summed E-state index contributed by atoms with van der Waals surface area (Å²) in [4.78, 5) is 62.6. The lowest BCUT2D eigenvalue weighted by Gasteiger charge is -2.27. The van der Waals surface area contributed by atoms with E-state index in [1.54, 1.807) is 24.3 Å². The number of thiol groups is 1. The van der Waals surface area contributed by atoms with Crippen molar-refractivity contribution >= 4 is 53.2 Å². The van der Waals surface area contributed by atoms with Gasteiger partial charge in [-0.1, -0.05) is 23.9 Å². The molecule has 1 heterocycles. The molecule has 1 aliphatic heterocycles. The third kappa shape index (κ3) is 5.18. The molecule has 2 atom stereocenters. The molecule has 8 nitrogen and oxygen atoms in total. The minimum absolute atomic E-state index is 0.0654. The maximum Gasteiger partial charge on any atom is 0.327 e. The van der Waals surface area contributed by atoms with Gasteiger partial charge in [0.05, 0.1) is 16.4 Å². The molecule has 1 aromatic carbocycles. The molecule has 0 aromatic heterocycles. The fourth-order valence-corrected chi connectivity index (χ4v) is 4.41. The van der Waals surface area contributed by atoms with Crippen LogP contribution >= 0.6 is 24.4 Å². The normalized spacial score (nSPS) is 15.1. The minimum atomic E-state index is -1.19. The van der Waals surface area contributed by atoms with Gasteiger partial charge in [-0.3, -0.25) is 24.1 Å². The maximum atomic E-state index is 12.7. The number of rotatable bonds is 9. The first-order chi connectivity index (χ1) is 13.7. The minimum Gasteiger partial charge on any atom is -0.480 e. The van der Waals surface area contributed by atoms with E-state index in [1.807, 2.05) is 0 Å². The van der Waals surface area contributed by atoms with Crippen molar-refractivity contribution in [3.05, 3.63) is 35.4 Å². The van der Waals surface area contributed by atoms with Crippen molar-refractivity contribution < 1.29 is 29.1 Å². The highest BCUT2D eigenvalue weighted by atomic mass is 32.2. The van der Waals surface area contributed by atoms with Crippen molar-refractivity contribution in [3.63, 3.8) is 0 Å². The Bertz CT molecular complexity index is 809. The largest absolute Gasteiger partial charge is 0.480 e. The Hall–Kier alpha value is -2.33. The average molecular weight is 439 g/mol. The number of carboxylic acids is 1. The number of fused-ring (bicyclic) bond motifs is 1. The number of carbonyl (C=O) groups excluding carboxylic acids is 4. The summed E-state index contributed by atoms with van der Waals surface area (Å²) in [7, 11) is 1.36. The summed E-state index contributed by atoms with van der Waals surface area (Å²) in [6, 6.07) is 5.43. The van der Waals surface area contributed by atoms with Crippen molar-refractivity contribution in [2.24, 2.45) is 0 Å². The molecule has 156 valence electrons. The first-order valence-electron chi connectivity index (χ1n) is 8.91. The van der Waals surface area contributed by atoms with Gasteiger partial charge in [0.1, 0.15) is 6.04 Å². The molecule has 0 unspecified atom stereocenters. The van der Waals surface area contributed by atoms with Crippen LogP contribution in [0.5, 0.6) is 0 Å². The van der Waals surface area contributed by atoms with Crippen LogP contribution in [0.3, 0.4) is 0 Å². The zero-order valence-electron chi connectivity index (χ0n) is 16.0. The third-order valence-electron chi connectivity index (χ3n) is 4.58. The summed E-state index contributed by atoms with van der Waals surface area (Å²) >= 11 is 4.78. The van der Waals surface area contributed by atoms with Gasteiger partial charge in [-0.05, 0) is 25.0 Å². The quantitative estimate of drug-likeness (QED) is 0.444. The SMILES string of the molecule is CC(=O)S[C@@H](CCCN1C(=O)c2ccccc2C1=O)C(=O)N(C)[C@H](CS)C(=O)O. The zero-order valence-corrected chi connectivity index (χ0v) is 17.7. The molecule has 0 spiro atoms. The zero-order chi connectivity index (χ0) is 21.7. The van der Waals surface area contributed by atoms with E-state index in [2.05, 4.69) is 12.6 Å². The van der Waals surface area contributed by atoms with Gasteiger partial charge in [-0.15, -0.1) is 0 Å². The van der Waals surface area contributed by atoms with E-state index in [0.29, 0.717) is 17.5 Å². The van der Waals surface area contributed by atoms with Crippen molar-refractivity contribution in [2.45, 2.75) is 31.1 Å². The summed E-state index contributed by atoms with van der Waals surface area (Å²) in [6.45, 7) is 1.43. The van der Waals surface area contributed by atoms with Crippen LogP contribution in [0.2, 0.25) is 0 Å². The van der Waals surface area contributed by atoms with Gasteiger partial charge < -0.3 is 10.0 Å². The van der Waals surface area contributed by atoms with E-state index in [-0.39, 0.29) is 35.6 Å². The molecule has 10 heteroatoms. The van der Waals surface area contributed by atoms with Crippen molar-refractivity contribution in [1.29, 1.82) is 0 Å². The fraction of sp³-hybridized carbons (Fsp3) is 0.421. The van der Waals surface area contributed by atoms with Crippen LogP contribution in [0.15, 0.2) is 24.3 Å². The van der Waals surface area contributed by atoms with E-state index < -0.39 is 23.2 Å². The molecule has 0 bridgehead atoms. The number of hydrogen-bond acceptors (Lipinski definition) is 7. The number of imide groups is 1. The van der Waals surface area contributed by atoms with Crippen LogP contribution in [0, 0.1) is 0 Å². The van der Waals surface area contributed by atoms with E-state index in [4.69, 9.17) is 0 Å². The summed E-state index contributed by atoms with van der Waals surface area (Å²) in [6.07, 6.45) is 0.508. The second-order valence-corrected chi connectivity index (χ2v) is 8.28. The Morgan fingerprint density at radius 3 is 2.17 bits per heavy atom. The molecule has 0 saturated carbocycles. The van der Waals surface area contributed by atoms with Crippen molar-refractivity contribution in [3.8, 4) is 0 Å². The number of carboxylic acid groups (broad SMARTS) is 1. The predicted octanol–water partition coefficient (Wildman–Crippen LogP) is 1.55. The summed E-state index contributed by atoms with van der Waals surface area (Å²) in [5.41, 5.74) is 0.696. The smallest absolute Gasteiger partial charge is 0.327 e. The van der Waals surface area contributed by atoms with Crippen LogP contribution in [0.4, 0.5) is 0 Å². The molecule has 0 aliphatic carbocycles. The van der Waals surface area contributed by atoms with Crippen LogP contribution in [0.1, 0.15) is 40.5 Å². The highest BCUT2D eigenvalue weighted by Gasteiger charge is 2.36. The van der Waals surface area contributed by atoms with Gasteiger partial charge in [0.2, 0.25) is 5.91 Å². The van der Waals surface area contributed by atoms with E-state index in [1.165, 1.54) is 14.0 Å². The lowest BCUT2D eigenvalue weighted by atomic mass is 10.1. The van der Waals surface area contributed by atoms with Gasteiger partial charge in [-0.2, -0.15) is 12.6 Å². The fourth-order valence-electron chi connectivity index (χ4n) is 3.06. The number of aliphatic carboxylic acids is 1. The Morgan fingerprint density at radius 2 is 1.72 bits per heavy atom. The van der Waals surface area contributed by atoms with Crippen LogP contribution in [-0.2, 0) is 14.4 Å². The van der Waals surface area contributed by atoms with E-state index in [0.717, 1.165) is 21.6 Å². The van der Waals surface area contributed by atoms with Gasteiger partial charge in [0, 0.05) is 26.3 Å². The molecule has 0 fully saturated rings. The maximum absolute atomic E-state index is 12.7. The highest BCUT2D eigenvalue weighted by Crippen LogP contribution is 2.25. The monoisotopic (exact) mass is 438 g/mol. The molecule has 2 rings (SSSR count). The van der Waals surface area contributed by atoms with Gasteiger partial charge in [0.15, 0.2) is 5.12 Å². The van der Waals surface area contributed by atoms with Gasteiger partial charge in [0.25, 0.3) is 11.8 Å². The molecular weight excluding hydrogens is 416 g/mol. The second-order valence-electron chi connectivity index (χ2n) is 6.53. The molecule has 3 amide bonds. The number of hydrogen-bond donors (Lipinski definition) is 2. The van der Waals surface area contributed by atoms with Crippen LogP contribution in [-0.4, -0.2) is 74.3 Å². The molecule has 0 radical (unpaired) electrons. The number of nitrogens with zero attached hydrogens (tertiary/aromatic N) is 2. The lowest BCUT2D eigenvalue weighted by Crippen LogP contribution is -2.47. The topological polar surface area (TPSA) is 112 Å². The average Bonchev–Trinajstić information content (AvgIpc) is 2.91. The summed E-state index contributed by atoms with van der Waals surface area (Å²) in [5.74, 6) is -2.52. The number of likely N-dealkylation sites (N-methyl/N-ethyl adjacent to an activating group) is 1. The van der Waals surface area contributed by atoms with Crippen molar-refractivity contribution in [1.82, 2.24) is 9.80 Å². The Kier molecular flexibility index (Phi) is 7.86. The number of benzene rings is 1. The number of thioether (sulfide) groups is 1. The molecule has 1 aromatic rings. The summed E-state index contributed by atoms with van der Waals surface area (Å²) in [5, 5.41) is 8.13. The van der Waals surface area contributed by atoms with E-state index in [9.17, 15) is 29.1 Å². The highest BCUT2D eigenvalue weighted by molar-refractivity contribution is 8.14. The molecule has 1 N–H and O–H groups in total. The second kappa shape index (κ2) is 9.93. The summed E-state index contributed by atoms with van der Waals surface area (Å²) < 4.78 is 0. The first-order valence-corrected chi connectivity index (χ1v) is 10.4. The van der Waals surface area contributed by atoms with Gasteiger partial charge in [-0.25, -0.2) is 4.79 Å². The standard InChI is InChI=1S/C19H22N2O6S2/c1-11(22)29-15(18(25)20(2)14(10-28)19(26)27)8-5-9-21-16(23)12-6-3-4-7-13(12)17(21)24/h3-4,6-7,14-15,28H,5,8-10H2,1-2H3,(H,26,27)/t14-,15+/m1/s1. The first kappa shape index (κ1) is 23.0. The van der Waals surface area contributed by atoms with Crippen molar-refractivity contribution in [2.75, 3.05) is 19.3 Å². The molecule has 29 heavy (non-hydrogen) atoms. The van der Waals surface area contributed by atoms with Crippen LogP contribution < -0.4 is 0 Å².